The molecule has 2 aromatic carbocycles. The van der Waals surface area contributed by atoms with Crippen molar-refractivity contribution in [2.45, 2.75) is 25.6 Å². The molecule has 0 bridgehead atoms. The molecule has 0 N–H and O–H groups in total. The highest BCUT2D eigenvalue weighted by Gasteiger charge is 2.30. The van der Waals surface area contributed by atoms with E-state index in [1.54, 1.807) is 0 Å². The number of hydrogen-bond acceptors (Lipinski definition) is 4. The van der Waals surface area contributed by atoms with Crippen LogP contribution in [0.3, 0.4) is 0 Å². The standard InChI is InChI=1S/C21H26INO3/c1-3-12-24-18-10-9-17(22)14-19(18)26-21(16-7-5-4-6-8-16)20-15-23(2)11-13-25-20/h4-10,14,20-21H,3,11-13,15H2,1-2H3. The first-order valence-electron chi connectivity index (χ1n) is 9.11. The van der Waals surface area contributed by atoms with Crippen molar-refractivity contribution in [1.82, 2.24) is 4.90 Å². The van der Waals surface area contributed by atoms with E-state index in [-0.39, 0.29) is 12.2 Å². The summed E-state index contributed by atoms with van der Waals surface area (Å²) >= 11 is 2.30. The molecular weight excluding hydrogens is 441 g/mol. The topological polar surface area (TPSA) is 30.9 Å². The first kappa shape index (κ1) is 19.5. The molecule has 0 spiro atoms. The maximum absolute atomic E-state index is 6.52. The van der Waals surface area contributed by atoms with Crippen LogP contribution in [0.15, 0.2) is 48.5 Å². The molecule has 1 fully saturated rings. The van der Waals surface area contributed by atoms with Crippen molar-refractivity contribution in [3.05, 3.63) is 57.7 Å². The summed E-state index contributed by atoms with van der Waals surface area (Å²) in [6.07, 6.45) is 0.763. The van der Waals surface area contributed by atoms with E-state index in [0.29, 0.717) is 6.61 Å². The van der Waals surface area contributed by atoms with Gasteiger partial charge < -0.3 is 19.1 Å². The molecule has 4 nitrogen and oxygen atoms in total. The smallest absolute Gasteiger partial charge is 0.163 e. The van der Waals surface area contributed by atoms with E-state index >= 15 is 0 Å². The number of hydrogen-bond donors (Lipinski definition) is 0. The van der Waals surface area contributed by atoms with E-state index in [2.05, 4.69) is 53.6 Å². The summed E-state index contributed by atoms with van der Waals surface area (Å²) in [5.74, 6) is 1.56. The molecule has 26 heavy (non-hydrogen) atoms. The van der Waals surface area contributed by atoms with E-state index in [1.165, 1.54) is 0 Å². The predicted molar refractivity (Wildman–Crippen MR) is 112 cm³/mol. The van der Waals surface area contributed by atoms with Crippen LogP contribution in [-0.4, -0.2) is 44.4 Å². The minimum atomic E-state index is -0.180. The summed E-state index contributed by atoms with van der Waals surface area (Å²) in [4.78, 5) is 2.29. The molecule has 1 saturated heterocycles. The van der Waals surface area contributed by atoms with Crippen LogP contribution >= 0.6 is 22.6 Å². The first-order valence-corrected chi connectivity index (χ1v) is 10.2. The highest BCUT2D eigenvalue weighted by atomic mass is 127. The van der Waals surface area contributed by atoms with Gasteiger partial charge in [0.2, 0.25) is 0 Å². The average molecular weight is 467 g/mol. The Labute approximate surface area is 169 Å². The summed E-state index contributed by atoms with van der Waals surface area (Å²) in [6.45, 7) is 5.29. The molecule has 1 heterocycles. The van der Waals surface area contributed by atoms with Crippen molar-refractivity contribution in [2.24, 2.45) is 0 Å². The number of likely N-dealkylation sites (N-methyl/N-ethyl adjacent to an activating group) is 1. The maximum atomic E-state index is 6.52. The van der Waals surface area contributed by atoms with Gasteiger partial charge >= 0.3 is 0 Å². The minimum Gasteiger partial charge on any atom is -0.490 e. The molecule has 5 heteroatoms. The van der Waals surface area contributed by atoms with Crippen molar-refractivity contribution >= 4 is 22.6 Å². The van der Waals surface area contributed by atoms with E-state index < -0.39 is 0 Å². The normalized spacial score (nSPS) is 19.1. The maximum Gasteiger partial charge on any atom is 0.163 e. The molecule has 0 amide bonds. The Bertz CT molecular complexity index is 695. The lowest BCUT2D eigenvalue weighted by atomic mass is 10.0. The summed E-state index contributed by atoms with van der Waals surface area (Å²) < 4.78 is 19.6. The van der Waals surface area contributed by atoms with Crippen molar-refractivity contribution in [2.75, 3.05) is 33.4 Å². The second-order valence-corrected chi connectivity index (χ2v) is 7.81. The van der Waals surface area contributed by atoms with Crippen molar-refractivity contribution in [3.8, 4) is 11.5 Å². The van der Waals surface area contributed by atoms with Gasteiger partial charge in [-0.2, -0.15) is 0 Å². The van der Waals surface area contributed by atoms with Crippen LogP contribution in [0, 0.1) is 3.57 Å². The Kier molecular flexibility index (Phi) is 7.16. The van der Waals surface area contributed by atoms with Gasteiger partial charge in [0.1, 0.15) is 6.10 Å². The Morgan fingerprint density at radius 3 is 2.73 bits per heavy atom. The van der Waals surface area contributed by atoms with Gasteiger partial charge in [0.15, 0.2) is 17.6 Å². The first-order chi connectivity index (χ1) is 12.7. The van der Waals surface area contributed by atoms with Crippen LogP contribution < -0.4 is 9.47 Å². The highest BCUT2D eigenvalue weighted by Crippen LogP contribution is 2.35. The van der Waals surface area contributed by atoms with Gasteiger partial charge in [-0.25, -0.2) is 0 Å². The third-order valence-corrected chi connectivity index (χ3v) is 5.05. The molecule has 3 rings (SSSR count). The van der Waals surface area contributed by atoms with Crippen LogP contribution in [0.25, 0.3) is 0 Å². The van der Waals surface area contributed by atoms with E-state index in [0.717, 1.165) is 46.7 Å². The predicted octanol–water partition coefficient (Wildman–Crippen LogP) is 4.53. The number of morpholine rings is 1. The van der Waals surface area contributed by atoms with Gasteiger partial charge in [-0.05, 0) is 59.8 Å². The number of nitrogens with zero attached hydrogens (tertiary/aromatic N) is 1. The van der Waals surface area contributed by atoms with Gasteiger partial charge in [0.05, 0.1) is 13.2 Å². The second kappa shape index (κ2) is 9.58. The van der Waals surface area contributed by atoms with Crippen LogP contribution in [0.5, 0.6) is 11.5 Å². The zero-order chi connectivity index (χ0) is 18.4. The fourth-order valence-electron chi connectivity index (χ4n) is 3.04. The van der Waals surface area contributed by atoms with Crippen LogP contribution in [0.2, 0.25) is 0 Å². The zero-order valence-electron chi connectivity index (χ0n) is 15.4. The SMILES string of the molecule is CCCOc1ccc(I)cc1OC(c1ccccc1)C1CN(C)CCO1. The lowest BCUT2D eigenvalue weighted by Gasteiger charge is -2.35. The van der Waals surface area contributed by atoms with Crippen molar-refractivity contribution in [1.29, 1.82) is 0 Å². The quantitative estimate of drug-likeness (QED) is 0.560. The third-order valence-electron chi connectivity index (χ3n) is 4.38. The number of halogens is 1. The molecule has 1 aliphatic rings. The molecule has 2 atom stereocenters. The van der Waals surface area contributed by atoms with Crippen molar-refractivity contribution < 1.29 is 14.2 Å². The summed E-state index contributed by atoms with van der Waals surface area (Å²) in [7, 11) is 2.12. The average Bonchev–Trinajstić information content (AvgIpc) is 2.66. The van der Waals surface area contributed by atoms with Crippen LogP contribution in [0.1, 0.15) is 25.0 Å². The lowest BCUT2D eigenvalue weighted by molar-refractivity contribution is -0.0764. The molecular formula is C21H26INO3. The highest BCUT2D eigenvalue weighted by molar-refractivity contribution is 14.1. The molecule has 0 radical (unpaired) electrons. The fourth-order valence-corrected chi connectivity index (χ4v) is 3.50. The van der Waals surface area contributed by atoms with Gasteiger partial charge in [-0.1, -0.05) is 37.3 Å². The van der Waals surface area contributed by atoms with Crippen LogP contribution in [-0.2, 0) is 4.74 Å². The Balaban J connectivity index is 1.89. The lowest BCUT2D eigenvalue weighted by Crippen LogP contribution is -2.44. The summed E-state index contributed by atoms with van der Waals surface area (Å²) in [5.41, 5.74) is 1.12. The minimum absolute atomic E-state index is 0.0203. The Morgan fingerprint density at radius 1 is 1.19 bits per heavy atom. The van der Waals surface area contributed by atoms with E-state index in [1.807, 2.05) is 36.4 Å². The number of benzene rings is 2. The van der Waals surface area contributed by atoms with Crippen LogP contribution in [0.4, 0.5) is 0 Å². The Hall–Kier alpha value is -1.31. The molecule has 140 valence electrons. The van der Waals surface area contributed by atoms with Gasteiger partial charge in [-0.15, -0.1) is 0 Å². The molecule has 2 unspecified atom stereocenters. The zero-order valence-corrected chi connectivity index (χ0v) is 17.5. The monoisotopic (exact) mass is 467 g/mol. The number of ether oxygens (including phenoxy) is 3. The van der Waals surface area contributed by atoms with E-state index in [4.69, 9.17) is 14.2 Å². The molecule has 0 aliphatic carbocycles. The molecule has 1 aliphatic heterocycles. The molecule has 0 saturated carbocycles. The van der Waals surface area contributed by atoms with Crippen molar-refractivity contribution in [3.63, 3.8) is 0 Å². The molecule has 2 aromatic rings. The Morgan fingerprint density at radius 2 is 2.00 bits per heavy atom. The fraction of sp³-hybridized carbons (Fsp3) is 0.429. The summed E-state index contributed by atoms with van der Waals surface area (Å²) in [6, 6.07) is 16.4. The second-order valence-electron chi connectivity index (χ2n) is 6.56. The third kappa shape index (κ3) is 5.11. The van der Waals surface area contributed by atoms with Gasteiger partial charge in [0.25, 0.3) is 0 Å². The molecule has 0 aromatic heterocycles. The number of rotatable bonds is 7. The largest absolute Gasteiger partial charge is 0.490 e. The van der Waals surface area contributed by atoms with Gasteiger partial charge in [0, 0.05) is 16.7 Å². The van der Waals surface area contributed by atoms with E-state index in [9.17, 15) is 0 Å². The van der Waals surface area contributed by atoms with Gasteiger partial charge in [-0.3, -0.25) is 0 Å². The summed E-state index contributed by atoms with van der Waals surface area (Å²) in [5, 5.41) is 0.